The van der Waals surface area contributed by atoms with E-state index in [1.165, 1.54) is 13.8 Å². The average Bonchev–Trinajstić information content (AvgIpc) is 2.77. The molecule has 0 aromatic heterocycles. The second-order valence-corrected chi connectivity index (χ2v) is 10.6. The predicted molar refractivity (Wildman–Crippen MR) is 140 cm³/mol. The summed E-state index contributed by atoms with van der Waals surface area (Å²) in [6.07, 6.45) is 7.40. The van der Waals surface area contributed by atoms with E-state index in [2.05, 4.69) is 13.2 Å². The van der Waals surface area contributed by atoms with Crippen molar-refractivity contribution >= 4 is 79.4 Å². The Kier molecular flexibility index (Phi) is 21.3. The molecule has 0 bridgehead atoms. The van der Waals surface area contributed by atoms with E-state index in [0.29, 0.717) is 25.7 Å². The first-order valence-electron chi connectivity index (χ1n) is 12.1. The van der Waals surface area contributed by atoms with E-state index in [-0.39, 0.29) is 88.1 Å². The van der Waals surface area contributed by atoms with Crippen molar-refractivity contribution in [3.05, 3.63) is 24.3 Å². The number of ether oxygens (including phenoxy) is 3. The fourth-order valence-electron chi connectivity index (χ4n) is 3.30. The zero-order valence-corrected chi connectivity index (χ0v) is 22.3. The van der Waals surface area contributed by atoms with E-state index < -0.39 is 33.4 Å². The van der Waals surface area contributed by atoms with Gasteiger partial charge in [0.05, 0.1) is 12.4 Å². The third-order valence-corrected chi connectivity index (χ3v) is 6.15. The molecule has 0 rings (SSSR count). The summed E-state index contributed by atoms with van der Waals surface area (Å²) in [7, 11) is -3.88. The van der Waals surface area contributed by atoms with E-state index in [4.69, 9.17) is 18.8 Å². The van der Waals surface area contributed by atoms with E-state index in [1.54, 1.807) is 0 Å². The van der Waals surface area contributed by atoms with Crippen molar-refractivity contribution in [2.24, 2.45) is 5.41 Å². The van der Waals surface area contributed by atoms with Gasteiger partial charge >= 0.3 is 69.3 Å². The van der Waals surface area contributed by atoms with Crippen LogP contribution in [-0.4, -0.2) is 108 Å². The fourth-order valence-corrected chi connectivity index (χ4v) is 3.87. The monoisotopic (exact) mass is 558 g/mol. The molecule has 0 fully saturated rings. The second kappa shape index (κ2) is 20.4. The van der Waals surface area contributed by atoms with Crippen LogP contribution in [-0.2, 0) is 38.7 Å². The molecule has 0 aliphatic heterocycles. The molecule has 0 aromatic rings. The first kappa shape index (κ1) is 37.6. The zero-order valence-electron chi connectivity index (χ0n) is 21.4. The molecular weight excluding hydrogens is 515 g/mol. The van der Waals surface area contributed by atoms with Gasteiger partial charge in [-0.2, -0.15) is 8.42 Å². The van der Waals surface area contributed by atoms with Crippen LogP contribution < -0.4 is 0 Å². The van der Waals surface area contributed by atoms with E-state index >= 15 is 0 Å². The normalized spacial score (nSPS) is 11.2. The summed E-state index contributed by atoms with van der Waals surface area (Å²) in [5.74, 6) is -2.05. The van der Waals surface area contributed by atoms with Crippen LogP contribution in [0.25, 0.3) is 0 Å². The van der Waals surface area contributed by atoms with Crippen molar-refractivity contribution in [2.75, 3.05) is 25.6 Å². The number of unbranched alkanes of at least 4 members (excludes halogenated alkanes) is 7. The summed E-state index contributed by atoms with van der Waals surface area (Å²) >= 11 is 0. The Bertz CT molecular complexity index is 791. The molecule has 0 aliphatic carbocycles. The van der Waals surface area contributed by atoms with Gasteiger partial charge in [-0.25, -0.2) is 9.59 Å². The van der Waals surface area contributed by atoms with E-state index in [1.807, 2.05) is 6.92 Å². The third kappa shape index (κ3) is 17.8. The Morgan fingerprint density at radius 1 is 0.778 bits per heavy atom. The molecule has 0 aromatic carbocycles. The topological polar surface area (TPSA) is 133 Å². The number of esters is 3. The molecule has 1 N–H and O–H groups in total. The van der Waals surface area contributed by atoms with Crippen LogP contribution in [0, 0.1) is 5.41 Å². The minimum atomic E-state index is -3.88. The van der Waals surface area contributed by atoms with Crippen molar-refractivity contribution in [1.82, 2.24) is 0 Å². The summed E-state index contributed by atoms with van der Waals surface area (Å²) in [6, 6.07) is 0. The van der Waals surface area contributed by atoms with Crippen LogP contribution in [0.5, 0.6) is 0 Å². The molecule has 0 atom stereocenters. The van der Waals surface area contributed by atoms with Crippen molar-refractivity contribution in [3.8, 4) is 0 Å². The molecule has 36 heavy (non-hydrogen) atoms. The molecule has 0 heterocycles. The van der Waals surface area contributed by atoms with Crippen molar-refractivity contribution in [1.29, 1.82) is 0 Å². The van der Waals surface area contributed by atoms with Crippen LogP contribution in [0.1, 0.15) is 85.0 Å². The van der Waals surface area contributed by atoms with Crippen molar-refractivity contribution < 1.29 is 41.6 Å². The number of rotatable bonds is 20. The maximum atomic E-state index is 13.0. The Morgan fingerprint density at radius 3 is 1.58 bits per heavy atom. The van der Waals surface area contributed by atoms with Gasteiger partial charge in [0.15, 0.2) is 0 Å². The van der Waals surface area contributed by atoms with Crippen LogP contribution in [0.3, 0.4) is 0 Å². The quantitative estimate of drug-likeness (QED) is 0.0589. The van der Waals surface area contributed by atoms with Gasteiger partial charge in [-0.1, -0.05) is 65.0 Å². The number of carbonyl (C=O) groups excluding carboxylic acids is 3. The Morgan fingerprint density at radius 2 is 1.19 bits per heavy atom. The van der Waals surface area contributed by atoms with Crippen molar-refractivity contribution in [3.63, 3.8) is 0 Å². The Labute approximate surface area is 258 Å². The number of hydrogen-bond donors (Lipinski definition) is 1. The predicted octanol–water partition coefficient (Wildman–Crippen LogP) is 3.91. The molecule has 0 spiro atoms. The summed E-state index contributed by atoms with van der Waals surface area (Å²) < 4.78 is 46.0. The Balaban J connectivity index is 0. The summed E-state index contributed by atoms with van der Waals surface area (Å²) in [5.41, 5.74) is -0.922. The third-order valence-electron chi connectivity index (χ3n) is 5.35. The second-order valence-electron chi connectivity index (χ2n) is 8.99. The molecule has 0 unspecified atom stereocenters. The van der Waals surface area contributed by atoms with Gasteiger partial charge in [-0.05, 0) is 33.1 Å². The average molecular weight is 559 g/mol. The van der Waals surface area contributed by atoms with Gasteiger partial charge in [-0.3, -0.25) is 9.35 Å². The van der Waals surface area contributed by atoms with Crippen LogP contribution in [0.15, 0.2) is 24.3 Å². The molecule has 0 saturated carbocycles. The number of carbonyl (C=O) groups is 3. The molecule has 0 aliphatic rings. The molecule has 11 heteroatoms. The molecule has 0 saturated heterocycles. The maximum absolute atomic E-state index is 13.0. The first-order valence-corrected chi connectivity index (χ1v) is 13.7. The summed E-state index contributed by atoms with van der Waals surface area (Å²) in [4.78, 5) is 36.8. The van der Waals surface area contributed by atoms with Gasteiger partial charge in [0.2, 0.25) is 0 Å². The molecule has 204 valence electrons. The van der Waals surface area contributed by atoms with Crippen molar-refractivity contribution in [2.45, 2.75) is 85.0 Å². The standard InChI is InChI=1S/C25H42O9S.K.H/c1-6-15-25(18-33-22(26)20(2)3,19-34-23(27)21(4)5)24(28)32-16-13-11-9-7-8-10-12-14-17-35(29,30)31;;/h2,4,6-19H2,1,3,5H3,(H,29,30,31);;. The van der Waals surface area contributed by atoms with Crippen LogP contribution >= 0.6 is 0 Å². The number of hydrogen-bond acceptors (Lipinski definition) is 8. The van der Waals surface area contributed by atoms with Gasteiger partial charge in [-0.15, -0.1) is 0 Å². The zero-order chi connectivity index (χ0) is 26.9. The SMILES string of the molecule is C=C(C)C(=O)OCC(CCC)(COC(=O)C(=C)C)C(=O)OCCCCCCCCCCS(=O)(=O)O.[KH]. The summed E-state index contributed by atoms with van der Waals surface area (Å²) in [5, 5.41) is 0. The van der Waals surface area contributed by atoms with E-state index in [9.17, 15) is 22.8 Å². The molecule has 0 radical (unpaired) electrons. The molecular formula is C25H43KO9S. The first-order chi connectivity index (χ1) is 16.3. The summed E-state index contributed by atoms with van der Waals surface area (Å²) in [6.45, 7) is 11.6. The fraction of sp³-hybridized carbons (Fsp3) is 0.720. The minimum absolute atomic E-state index is 0. The molecule has 0 amide bonds. The van der Waals surface area contributed by atoms with Crippen LogP contribution in [0.2, 0.25) is 0 Å². The van der Waals surface area contributed by atoms with E-state index in [0.717, 1.165) is 38.5 Å². The van der Waals surface area contributed by atoms with Gasteiger partial charge in [0.25, 0.3) is 10.1 Å². The van der Waals surface area contributed by atoms with Gasteiger partial charge in [0.1, 0.15) is 18.6 Å². The van der Waals surface area contributed by atoms with Gasteiger partial charge < -0.3 is 14.2 Å². The molecule has 9 nitrogen and oxygen atoms in total. The Hall–Kier alpha value is -0.564. The van der Waals surface area contributed by atoms with Crippen LogP contribution in [0.4, 0.5) is 0 Å². The van der Waals surface area contributed by atoms with Gasteiger partial charge in [0, 0.05) is 11.1 Å².